The number of halogens is 2. The molecule has 1 saturated heterocycles. The van der Waals surface area contributed by atoms with Crippen LogP contribution in [0.1, 0.15) is 5.56 Å². The molecule has 154 valence electrons. The largest absolute Gasteiger partial charge is 0.353 e. The van der Waals surface area contributed by atoms with E-state index in [1.807, 2.05) is 18.2 Å². The maximum Gasteiger partial charge on any atom is 0.228 e. The third-order valence-electron chi connectivity index (χ3n) is 4.82. The molecule has 0 bridgehead atoms. The second kappa shape index (κ2) is 8.81. The molecule has 1 aromatic carbocycles. The monoisotopic (exact) mass is 410 g/mol. The normalized spacial score (nSPS) is 13.9. The first-order valence-corrected chi connectivity index (χ1v) is 9.55. The molecule has 1 N–H and O–H groups in total. The highest BCUT2D eigenvalue weighted by Gasteiger charge is 2.20. The van der Waals surface area contributed by atoms with Crippen LogP contribution in [0.25, 0.3) is 0 Å². The maximum atomic E-state index is 13.7. The summed E-state index contributed by atoms with van der Waals surface area (Å²) in [5, 5.41) is 2.63. The molecule has 2 aromatic heterocycles. The van der Waals surface area contributed by atoms with E-state index in [2.05, 4.69) is 30.1 Å². The number of aromatic nitrogens is 3. The number of carbonyl (C=O) groups is 1. The standard InChI is InChI=1S/C21H20F2N6O/c22-16-5-4-15(18(23)12-16)11-20(30)27-17-13-25-21(26-14-17)29-9-7-28(8-10-29)19-3-1-2-6-24-19/h1-6,12-14H,7-11H2,(H,27,30). The second-order valence-corrected chi connectivity index (χ2v) is 6.89. The van der Waals surface area contributed by atoms with E-state index in [0.717, 1.165) is 44.1 Å². The third kappa shape index (κ3) is 4.68. The van der Waals surface area contributed by atoms with Gasteiger partial charge in [0, 0.05) is 38.4 Å². The molecule has 1 fully saturated rings. The van der Waals surface area contributed by atoms with Crippen LogP contribution in [0.4, 0.5) is 26.2 Å². The first-order valence-electron chi connectivity index (χ1n) is 9.55. The SMILES string of the molecule is O=C(Cc1ccc(F)cc1F)Nc1cnc(N2CCN(c3ccccn3)CC2)nc1. The van der Waals surface area contributed by atoms with Gasteiger partial charge in [0.15, 0.2) is 0 Å². The van der Waals surface area contributed by atoms with Crippen LogP contribution < -0.4 is 15.1 Å². The van der Waals surface area contributed by atoms with E-state index in [9.17, 15) is 13.6 Å². The van der Waals surface area contributed by atoms with Crippen LogP contribution >= 0.6 is 0 Å². The number of nitrogens with zero attached hydrogens (tertiary/aromatic N) is 5. The van der Waals surface area contributed by atoms with Crippen molar-refractivity contribution in [2.45, 2.75) is 6.42 Å². The summed E-state index contributed by atoms with van der Waals surface area (Å²) in [5.74, 6) is -0.323. The van der Waals surface area contributed by atoms with Gasteiger partial charge in [0.1, 0.15) is 17.5 Å². The van der Waals surface area contributed by atoms with E-state index in [1.54, 1.807) is 6.20 Å². The molecule has 0 aliphatic carbocycles. The highest BCUT2D eigenvalue weighted by molar-refractivity contribution is 5.92. The minimum atomic E-state index is -0.749. The van der Waals surface area contributed by atoms with Gasteiger partial charge in [0.05, 0.1) is 24.5 Å². The van der Waals surface area contributed by atoms with E-state index < -0.39 is 17.5 Å². The van der Waals surface area contributed by atoms with Gasteiger partial charge >= 0.3 is 0 Å². The molecule has 0 unspecified atom stereocenters. The summed E-state index contributed by atoms with van der Waals surface area (Å²) in [4.78, 5) is 29.4. The first kappa shape index (κ1) is 19.7. The topological polar surface area (TPSA) is 74.2 Å². The Kier molecular flexibility index (Phi) is 5.78. The van der Waals surface area contributed by atoms with Crippen molar-refractivity contribution in [3.05, 3.63) is 72.2 Å². The van der Waals surface area contributed by atoms with E-state index in [0.29, 0.717) is 11.6 Å². The van der Waals surface area contributed by atoms with Gasteiger partial charge in [-0.1, -0.05) is 12.1 Å². The Labute approximate surface area is 172 Å². The predicted molar refractivity (Wildman–Crippen MR) is 109 cm³/mol. The zero-order chi connectivity index (χ0) is 20.9. The van der Waals surface area contributed by atoms with Crippen molar-refractivity contribution in [1.29, 1.82) is 0 Å². The lowest BCUT2D eigenvalue weighted by atomic mass is 10.1. The van der Waals surface area contributed by atoms with Gasteiger partial charge in [0.25, 0.3) is 0 Å². The average Bonchev–Trinajstić information content (AvgIpc) is 2.77. The Balaban J connectivity index is 1.31. The summed E-state index contributed by atoms with van der Waals surface area (Å²) in [6.07, 6.45) is 4.62. The number of benzene rings is 1. The molecule has 3 aromatic rings. The quantitative estimate of drug-likeness (QED) is 0.697. The number of anilines is 3. The first-order chi connectivity index (χ1) is 14.6. The Morgan fingerprint density at radius 2 is 1.70 bits per heavy atom. The van der Waals surface area contributed by atoms with Gasteiger partial charge in [-0.2, -0.15) is 0 Å². The molecular weight excluding hydrogens is 390 g/mol. The number of piperazine rings is 1. The zero-order valence-corrected chi connectivity index (χ0v) is 16.1. The molecule has 0 radical (unpaired) electrons. The minimum absolute atomic E-state index is 0.122. The van der Waals surface area contributed by atoms with Crippen LogP contribution in [0.2, 0.25) is 0 Å². The van der Waals surface area contributed by atoms with Gasteiger partial charge in [0.2, 0.25) is 11.9 Å². The molecular formula is C21H20F2N6O. The highest BCUT2D eigenvalue weighted by atomic mass is 19.1. The number of amides is 1. The molecule has 0 saturated carbocycles. The third-order valence-corrected chi connectivity index (χ3v) is 4.82. The minimum Gasteiger partial charge on any atom is -0.353 e. The van der Waals surface area contributed by atoms with E-state index in [-0.39, 0.29) is 12.0 Å². The summed E-state index contributed by atoms with van der Waals surface area (Å²) in [7, 11) is 0. The maximum absolute atomic E-state index is 13.7. The molecule has 1 aliphatic heterocycles. The Morgan fingerprint density at radius 3 is 2.37 bits per heavy atom. The average molecular weight is 410 g/mol. The zero-order valence-electron chi connectivity index (χ0n) is 16.1. The number of carbonyl (C=O) groups excluding carboxylic acids is 1. The fourth-order valence-electron chi connectivity index (χ4n) is 3.27. The molecule has 1 amide bonds. The number of rotatable bonds is 5. The van der Waals surface area contributed by atoms with Crippen molar-refractivity contribution in [1.82, 2.24) is 15.0 Å². The molecule has 4 rings (SSSR count). The summed E-state index contributed by atoms with van der Waals surface area (Å²) in [5.41, 5.74) is 0.538. The summed E-state index contributed by atoms with van der Waals surface area (Å²) >= 11 is 0. The van der Waals surface area contributed by atoms with E-state index in [1.165, 1.54) is 18.5 Å². The van der Waals surface area contributed by atoms with Gasteiger partial charge in [-0.25, -0.2) is 23.7 Å². The van der Waals surface area contributed by atoms with Crippen LogP contribution in [-0.4, -0.2) is 47.0 Å². The number of pyridine rings is 1. The Bertz CT molecular complexity index is 1010. The van der Waals surface area contributed by atoms with E-state index >= 15 is 0 Å². The van der Waals surface area contributed by atoms with Crippen molar-refractivity contribution in [2.24, 2.45) is 0 Å². The number of hydrogen-bond donors (Lipinski definition) is 1. The van der Waals surface area contributed by atoms with E-state index in [4.69, 9.17) is 0 Å². The highest BCUT2D eigenvalue weighted by Crippen LogP contribution is 2.17. The van der Waals surface area contributed by atoms with Crippen molar-refractivity contribution in [2.75, 3.05) is 41.3 Å². The van der Waals surface area contributed by atoms with Crippen LogP contribution in [0.15, 0.2) is 55.0 Å². The molecule has 30 heavy (non-hydrogen) atoms. The molecule has 0 atom stereocenters. The summed E-state index contributed by atoms with van der Waals surface area (Å²) < 4.78 is 26.7. The lowest BCUT2D eigenvalue weighted by Crippen LogP contribution is -2.47. The molecule has 3 heterocycles. The van der Waals surface area contributed by atoms with Crippen molar-refractivity contribution < 1.29 is 13.6 Å². The van der Waals surface area contributed by atoms with Gasteiger partial charge in [-0.05, 0) is 23.8 Å². The molecule has 7 nitrogen and oxygen atoms in total. The van der Waals surface area contributed by atoms with Crippen molar-refractivity contribution in [3.8, 4) is 0 Å². The van der Waals surface area contributed by atoms with Crippen LogP contribution in [0, 0.1) is 11.6 Å². The smallest absolute Gasteiger partial charge is 0.228 e. The van der Waals surface area contributed by atoms with Crippen LogP contribution in [0.3, 0.4) is 0 Å². The fraction of sp³-hybridized carbons (Fsp3) is 0.238. The van der Waals surface area contributed by atoms with Crippen molar-refractivity contribution in [3.63, 3.8) is 0 Å². The number of nitrogens with one attached hydrogen (secondary N) is 1. The summed E-state index contributed by atoms with van der Waals surface area (Å²) in [6.45, 7) is 3.13. The lowest BCUT2D eigenvalue weighted by Gasteiger charge is -2.35. The van der Waals surface area contributed by atoms with Gasteiger partial charge in [-0.15, -0.1) is 0 Å². The summed E-state index contributed by atoms with van der Waals surface area (Å²) in [6, 6.07) is 8.99. The van der Waals surface area contributed by atoms with Crippen LogP contribution in [0.5, 0.6) is 0 Å². The fourth-order valence-corrected chi connectivity index (χ4v) is 3.27. The van der Waals surface area contributed by atoms with Crippen LogP contribution in [-0.2, 0) is 11.2 Å². The number of hydrogen-bond acceptors (Lipinski definition) is 6. The van der Waals surface area contributed by atoms with Gasteiger partial charge < -0.3 is 15.1 Å². The Morgan fingerprint density at radius 1 is 0.967 bits per heavy atom. The molecule has 1 aliphatic rings. The Hall–Kier alpha value is -3.62. The predicted octanol–water partition coefficient (Wildman–Crippen LogP) is 2.66. The molecule has 9 heteroatoms. The van der Waals surface area contributed by atoms with Gasteiger partial charge in [-0.3, -0.25) is 4.79 Å². The second-order valence-electron chi connectivity index (χ2n) is 6.89. The van der Waals surface area contributed by atoms with Crippen molar-refractivity contribution >= 4 is 23.4 Å². The molecule has 0 spiro atoms. The lowest BCUT2D eigenvalue weighted by molar-refractivity contribution is -0.115.